The minimum atomic E-state index is -3.13. The molecule has 0 spiro atoms. The van der Waals surface area contributed by atoms with E-state index in [9.17, 15) is 13.2 Å². The molecule has 4 rings (SSSR count). The number of piperidine rings is 1. The van der Waals surface area contributed by atoms with Crippen molar-refractivity contribution in [3.8, 4) is 0 Å². The number of nitrogens with zero attached hydrogens (tertiary/aromatic N) is 2. The number of fused-ring (bicyclic) bond motifs is 1. The second-order valence-corrected chi connectivity index (χ2v) is 10.4. The van der Waals surface area contributed by atoms with Crippen molar-refractivity contribution < 1.29 is 17.6 Å². The molecule has 0 aliphatic carbocycles. The highest BCUT2D eigenvalue weighted by Gasteiger charge is 2.29. The first-order valence-corrected chi connectivity index (χ1v) is 12.3. The molecule has 1 fully saturated rings. The average Bonchev–Trinajstić information content (AvgIpc) is 3.31. The monoisotopic (exact) mass is 431 g/mol. The van der Waals surface area contributed by atoms with Gasteiger partial charge in [-0.05, 0) is 49.8 Å². The van der Waals surface area contributed by atoms with Crippen molar-refractivity contribution in [2.24, 2.45) is 5.92 Å². The van der Waals surface area contributed by atoms with Gasteiger partial charge in [-0.3, -0.25) is 4.79 Å². The smallest absolute Gasteiger partial charge is 0.254 e. The van der Waals surface area contributed by atoms with Crippen LogP contribution in [0.1, 0.15) is 41.4 Å². The van der Waals surface area contributed by atoms with Gasteiger partial charge in [-0.25, -0.2) is 12.7 Å². The molecule has 8 heteroatoms. The molecule has 0 radical (unpaired) electrons. The number of carbonyl (C=O) groups excluding carboxylic acids is 1. The minimum absolute atomic E-state index is 0.135. The summed E-state index contributed by atoms with van der Waals surface area (Å²) in [6, 6.07) is 10.4. The Labute approximate surface area is 178 Å². The van der Waals surface area contributed by atoms with Crippen LogP contribution in [-0.4, -0.2) is 50.6 Å². The van der Waals surface area contributed by atoms with E-state index in [0.717, 1.165) is 19.3 Å². The molecule has 7 nitrogen and oxygen atoms in total. The first-order valence-electron chi connectivity index (χ1n) is 10.5. The van der Waals surface area contributed by atoms with Crippen molar-refractivity contribution in [1.29, 1.82) is 0 Å². The fourth-order valence-corrected chi connectivity index (χ4v) is 5.34. The second-order valence-electron chi connectivity index (χ2n) is 8.38. The number of sulfonamides is 1. The summed E-state index contributed by atoms with van der Waals surface area (Å²) in [4.78, 5) is 15.1. The fraction of sp³-hybridized carbons (Fsp3) is 0.500. The van der Waals surface area contributed by atoms with E-state index in [0.29, 0.717) is 43.5 Å². The maximum absolute atomic E-state index is 12.8. The molecule has 2 aliphatic heterocycles. The van der Waals surface area contributed by atoms with Crippen molar-refractivity contribution >= 4 is 21.6 Å². The minimum Gasteiger partial charge on any atom is -0.467 e. The lowest BCUT2D eigenvalue weighted by molar-refractivity contribution is 0.0939. The quantitative estimate of drug-likeness (QED) is 0.760. The van der Waals surface area contributed by atoms with Gasteiger partial charge < -0.3 is 14.6 Å². The van der Waals surface area contributed by atoms with E-state index < -0.39 is 10.0 Å². The summed E-state index contributed by atoms with van der Waals surface area (Å²) >= 11 is 0. The number of benzene rings is 1. The Bertz CT molecular complexity index is 1010. The van der Waals surface area contributed by atoms with Gasteiger partial charge in [0.25, 0.3) is 5.91 Å². The van der Waals surface area contributed by atoms with Crippen molar-refractivity contribution in [3.63, 3.8) is 0 Å². The van der Waals surface area contributed by atoms with Gasteiger partial charge >= 0.3 is 0 Å². The Morgan fingerprint density at radius 1 is 1.20 bits per heavy atom. The van der Waals surface area contributed by atoms with E-state index in [1.807, 2.05) is 6.07 Å². The third-order valence-electron chi connectivity index (χ3n) is 6.25. The van der Waals surface area contributed by atoms with Gasteiger partial charge in [0, 0.05) is 31.4 Å². The van der Waals surface area contributed by atoms with E-state index in [-0.39, 0.29) is 11.8 Å². The van der Waals surface area contributed by atoms with Gasteiger partial charge in [0.15, 0.2) is 0 Å². The van der Waals surface area contributed by atoms with E-state index in [2.05, 4.69) is 35.3 Å². The molecule has 0 bridgehead atoms. The fourth-order valence-electron chi connectivity index (χ4n) is 4.47. The lowest BCUT2D eigenvalue weighted by Gasteiger charge is -2.30. The zero-order valence-electron chi connectivity index (χ0n) is 17.5. The molecule has 1 amide bonds. The number of amides is 1. The molecule has 1 unspecified atom stereocenters. The summed E-state index contributed by atoms with van der Waals surface area (Å²) in [5.41, 5.74) is 3.09. The topological polar surface area (TPSA) is 82.9 Å². The molecule has 1 aromatic carbocycles. The molecule has 2 aliphatic rings. The Kier molecular flexibility index (Phi) is 5.88. The number of anilines is 1. The zero-order chi connectivity index (χ0) is 21.3. The first kappa shape index (κ1) is 20.9. The molecule has 1 atom stereocenters. The summed E-state index contributed by atoms with van der Waals surface area (Å²) in [6.45, 7) is 4.32. The summed E-state index contributed by atoms with van der Waals surface area (Å²) in [5, 5.41) is 3.02. The summed E-state index contributed by atoms with van der Waals surface area (Å²) in [6.07, 6.45) is 5.32. The Morgan fingerprint density at radius 2 is 1.93 bits per heavy atom. The molecular formula is C22H29N3O4S. The Balaban J connectivity index is 1.35. The third-order valence-corrected chi connectivity index (χ3v) is 7.55. The summed E-state index contributed by atoms with van der Waals surface area (Å²) < 4.78 is 30.5. The number of hydrogen-bond donors (Lipinski definition) is 1. The summed E-state index contributed by atoms with van der Waals surface area (Å²) in [5.74, 6) is 0.820. The highest BCUT2D eigenvalue weighted by Crippen LogP contribution is 2.33. The number of furan rings is 1. The highest BCUT2D eigenvalue weighted by molar-refractivity contribution is 7.88. The highest BCUT2D eigenvalue weighted by atomic mass is 32.2. The van der Waals surface area contributed by atoms with Crippen LogP contribution in [0.15, 0.2) is 41.0 Å². The van der Waals surface area contributed by atoms with Gasteiger partial charge in [0.2, 0.25) is 10.0 Å². The molecule has 162 valence electrons. The van der Waals surface area contributed by atoms with Crippen molar-refractivity contribution in [2.45, 2.75) is 38.8 Å². The van der Waals surface area contributed by atoms with Gasteiger partial charge in [-0.1, -0.05) is 18.2 Å². The molecule has 1 N–H and O–H groups in total. The predicted octanol–water partition coefficient (Wildman–Crippen LogP) is 2.63. The lowest BCUT2D eigenvalue weighted by Crippen LogP contribution is -2.41. The number of hydrogen-bond acceptors (Lipinski definition) is 5. The Morgan fingerprint density at radius 3 is 2.67 bits per heavy atom. The average molecular weight is 432 g/mol. The van der Waals surface area contributed by atoms with Crippen LogP contribution in [0.3, 0.4) is 0 Å². The summed E-state index contributed by atoms with van der Waals surface area (Å²) in [7, 11) is -3.13. The van der Waals surface area contributed by atoms with Crippen LogP contribution in [-0.2, 0) is 23.0 Å². The number of para-hydroxylation sites is 1. The molecule has 1 aromatic heterocycles. The normalized spacial score (nSPS) is 20.3. The maximum atomic E-state index is 12.8. The number of carbonyl (C=O) groups is 1. The van der Waals surface area contributed by atoms with Crippen molar-refractivity contribution in [2.75, 3.05) is 30.8 Å². The first-order chi connectivity index (χ1) is 14.3. The third kappa shape index (κ3) is 4.39. The van der Waals surface area contributed by atoms with Crippen LogP contribution in [0.4, 0.5) is 5.69 Å². The van der Waals surface area contributed by atoms with Crippen LogP contribution >= 0.6 is 0 Å². The van der Waals surface area contributed by atoms with E-state index in [4.69, 9.17) is 4.42 Å². The van der Waals surface area contributed by atoms with Gasteiger partial charge in [0.05, 0.1) is 24.6 Å². The van der Waals surface area contributed by atoms with Gasteiger partial charge in [0.1, 0.15) is 5.76 Å². The molecule has 2 aromatic rings. The van der Waals surface area contributed by atoms with Crippen molar-refractivity contribution in [3.05, 3.63) is 53.5 Å². The van der Waals surface area contributed by atoms with Gasteiger partial charge in [-0.15, -0.1) is 0 Å². The largest absolute Gasteiger partial charge is 0.467 e. The van der Waals surface area contributed by atoms with Crippen LogP contribution < -0.4 is 10.2 Å². The van der Waals surface area contributed by atoms with Crippen LogP contribution in [0.5, 0.6) is 0 Å². The second kappa shape index (κ2) is 8.43. The van der Waals surface area contributed by atoms with E-state index in [1.165, 1.54) is 21.8 Å². The molecule has 0 saturated carbocycles. The number of nitrogens with one attached hydrogen (secondary N) is 1. The van der Waals surface area contributed by atoms with E-state index in [1.54, 1.807) is 12.3 Å². The lowest BCUT2D eigenvalue weighted by atomic mass is 9.98. The molecule has 30 heavy (non-hydrogen) atoms. The molecule has 3 heterocycles. The number of rotatable bonds is 6. The standard InChI is InChI=1S/C22H29N3O4S/c1-16-13-18-5-3-4-6-20(18)25(16)15-21-19(9-12-29-21)22(26)23-14-17-7-10-24(11-8-17)30(2,27)28/h3-6,9,12,16-17H,7-8,10-11,13-15H2,1-2H3,(H,23,26). The molecule has 1 saturated heterocycles. The van der Waals surface area contributed by atoms with Crippen LogP contribution in [0.2, 0.25) is 0 Å². The molecular weight excluding hydrogens is 402 g/mol. The van der Waals surface area contributed by atoms with E-state index >= 15 is 0 Å². The van der Waals surface area contributed by atoms with Gasteiger partial charge in [-0.2, -0.15) is 0 Å². The SMILES string of the molecule is CC1Cc2ccccc2N1Cc1occc1C(=O)NCC1CCN(S(C)(=O)=O)CC1. The van der Waals surface area contributed by atoms with Crippen molar-refractivity contribution in [1.82, 2.24) is 9.62 Å². The Hall–Kier alpha value is -2.32. The predicted molar refractivity (Wildman–Crippen MR) is 116 cm³/mol. The zero-order valence-corrected chi connectivity index (χ0v) is 18.3. The maximum Gasteiger partial charge on any atom is 0.254 e. The van der Waals surface area contributed by atoms with Crippen LogP contribution in [0.25, 0.3) is 0 Å². The van der Waals surface area contributed by atoms with Crippen LogP contribution in [0, 0.1) is 5.92 Å².